The van der Waals surface area contributed by atoms with E-state index in [-0.39, 0.29) is 0 Å². The molecule has 0 heterocycles. The van der Waals surface area contributed by atoms with Gasteiger partial charge in [-0.2, -0.15) is 0 Å². The average Bonchev–Trinajstić information content (AvgIpc) is 2.34. The molecule has 1 nitrogen and oxygen atoms in total. The molecule has 94 valence electrons. The molecule has 1 heteroatoms. The summed E-state index contributed by atoms with van der Waals surface area (Å²) < 4.78 is 0. The van der Waals surface area contributed by atoms with Gasteiger partial charge in [0, 0.05) is 12.1 Å². The third kappa shape index (κ3) is 2.90. The van der Waals surface area contributed by atoms with Crippen molar-refractivity contribution >= 4 is 0 Å². The van der Waals surface area contributed by atoms with E-state index in [9.17, 15) is 0 Å². The summed E-state index contributed by atoms with van der Waals surface area (Å²) >= 11 is 0. The van der Waals surface area contributed by atoms with Crippen LogP contribution >= 0.6 is 0 Å². The molecule has 0 aliphatic heterocycles. The molecule has 1 aromatic carbocycles. The molecular formula is C16H25N. The monoisotopic (exact) mass is 231 g/mol. The number of benzene rings is 1. The standard InChI is InChI=1S/C16H25N/c1-4-7-13(3)17-16-11-10-12(2)14-8-5-6-9-15(14)16/h5-6,8-9,12-13,16-17H,4,7,10-11H2,1-3H3. The van der Waals surface area contributed by atoms with Crippen molar-refractivity contribution in [1.29, 1.82) is 0 Å². The molecule has 0 aromatic heterocycles. The van der Waals surface area contributed by atoms with Gasteiger partial charge < -0.3 is 5.32 Å². The zero-order chi connectivity index (χ0) is 12.3. The van der Waals surface area contributed by atoms with E-state index in [4.69, 9.17) is 0 Å². The van der Waals surface area contributed by atoms with Crippen LogP contribution < -0.4 is 5.32 Å². The minimum Gasteiger partial charge on any atom is -0.307 e. The molecule has 2 rings (SSSR count). The SMILES string of the molecule is CCCC(C)NC1CCC(C)c2ccccc21. The van der Waals surface area contributed by atoms with Crippen LogP contribution in [-0.4, -0.2) is 6.04 Å². The van der Waals surface area contributed by atoms with E-state index in [0.29, 0.717) is 12.1 Å². The lowest BCUT2D eigenvalue weighted by molar-refractivity contribution is 0.378. The van der Waals surface area contributed by atoms with Gasteiger partial charge >= 0.3 is 0 Å². The van der Waals surface area contributed by atoms with Crippen molar-refractivity contribution in [3.8, 4) is 0 Å². The van der Waals surface area contributed by atoms with Gasteiger partial charge in [-0.15, -0.1) is 0 Å². The fraction of sp³-hybridized carbons (Fsp3) is 0.625. The molecule has 1 aliphatic rings. The molecular weight excluding hydrogens is 206 g/mol. The summed E-state index contributed by atoms with van der Waals surface area (Å²) in [7, 11) is 0. The summed E-state index contributed by atoms with van der Waals surface area (Å²) in [5, 5.41) is 3.80. The largest absolute Gasteiger partial charge is 0.307 e. The topological polar surface area (TPSA) is 12.0 Å². The zero-order valence-corrected chi connectivity index (χ0v) is 11.4. The first-order chi connectivity index (χ1) is 8.22. The van der Waals surface area contributed by atoms with Crippen LogP contribution in [0.1, 0.15) is 69.5 Å². The van der Waals surface area contributed by atoms with Gasteiger partial charge in [-0.1, -0.05) is 44.5 Å². The van der Waals surface area contributed by atoms with Crippen molar-refractivity contribution in [2.45, 2.75) is 64.5 Å². The zero-order valence-electron chi connectivity index (χ0n) is 11.4. The highest BCUT2D eigenvalue weighted by Crippen LogP contribution is 2.37. The van der Waals surface area contributed by atoms with Crippen molar-refractivity contribution in [1.82, 2.24) is 5.32 Å². The van der Waals surface area contributed by atoms with E-state index in [2.05, 4.69) is 50.4 Å². The van der Waals surface area contributed by atoms with E-state index < -0.39 is 0 Å². The van der Waals surface area contributed by atoms with Crippen LogP contribution in [0, 0.1) is 0 Å². The van der Waals surface area contributed by atoms with E-state index in [1.165, 1.54) is 31.2 Å². The number of fused-ring (bicyclic) bond motifs is 1. The van der Waals surface area contributed by atoms with Crippen LogP contribution in [-0.2, 0) is 0 Å². The lowest BCUT2D eigenvalue weighted by Gasteiger charge is -2.32. The lowest BCUT2D eigenvalue weighted by atomic mass is 9.81. The molecule has 0 saturated heterocycles. The first-order valence-corrected chi connectivity index (χ1v) is 7.07. The number of hydrogen-bond acceptors (Lipinski definition) is 1. The molecule has 0 spiro atoms. The molecule has 1 N–H and O–H groups in total. The number of hydrogen-bond donors (Lipinski definition) is 1. The van der Waals surface area contributed by atoms with E-state index >= 15 is 0 Å². The Hall–Kier alpha value is -0.820. The molecule has 3 unspecified atom stereocenters. The van der Waals surface area contributed by atoms with Gasteiger partial charge in [-0.3, -0.25) is 0 Å². The first-order valence-electron chi connectivity index (χ1n) is 7.07. The molecule has 0 radical (unpaired) electrons. The maximum absolute atomic E-state index is 3.80. The predicted octanol–water partition coefficient (Wildman–Crippen LogP) is 4.40. The van der Waals surface area contributed by atoms with Gasteiger partial charge in [0.15, 0.2) is 0 Å². The van der Waals surface area contributed by atoms with E-state index in [1.807, 2.05) is 0 Å². The maximum Gasteiger partial charge on any atom is 0.0325 e. The Morgan fingerprint density at radius 1 is 1.24 bits per heavy atom. The molecule has 1 aliphatic carbocycles. The van der Waals surface area contributed by atoms with E-state index in [1.54, 1.807) is 5.56 Å². The van der Waals surface area contributed by atoms with Crippen LogP contribution in [0.15, 0.2) is 24.3 Å². The molecule has 1 aromatic rings. The summed E-state index contributed by atoms with van der Waals surface area (Å²) in [6.45, 7) is 6.92. The lowest BCUT2D eigenvalue weighted by Crippen LogP contribution is -2.33. The molecule has 17 heavy (non-hydrogen) atoms. The number of nitrogens with one attached hydrogen (secondary N) is 1. The Morgan fingerprint density at radius 3 is 2.65 bits per heavy atom. The normalized spacial score (nSPS) is 25.4. The van der Waals surface area contributed by atoms with E-state index in [0.717, 1.165) is 5.92 Å². The Bertz CT molecular complexity index is 358. The van der Waals surface area contributed by atoms with Gasteiger partial charge in [-0.05, 0) is 43.2 Å². The second-order valence-electron chi connectivity index (χ2n) is 5.52. The predicted molar refractivity (Wildman–Crippen MR) is 74.3 cm³/mol. The molecule has 0 fully saturated rings. The Kier molecular flexibility index (Phi) is 4.22. The van der Waals surface area contributed by atoms with Crippen molar-refractivity contribution in [3.63, 3.8) is 0 Å². The third-order valence-electron chi connectivity index (χ3n) is 4.00. The second-order valence-corrected chi connectivity index (χ2v) is 5.52. The third-order valence-corrected chi connectivity index (χ3v) is 4.00. The smallest absolute Gasteiger partial charge is 0.0325 e. The van der Waals surface area contributed by atoms with Crippen molar-refractivity contribution < 1.29 is 0 Å². The minimum absolute atomic E-state index is 0.573. The quantitative estimate of drug-likeness (QED) is 0.809. The maximum atomic E-state index is 3.80. The van der Waals surface area contributed by atoms with Gasteiger partial charge in [-0.25, -0.2) is 0 Å². The summed E-state index contributed by atoms with van der Waals surface area (Å²) in [4.78, 5) is 0. The minimum atomic E-state index is 0.573. The summed E-state index contributed by atoms with van der Waals surface area (Å²) in [6, 6.07) is 10.2. The van der Waals surface area contributed by atoms with Gasteiger partial charge in [0.2, 0.25) is 0 Å². The van der Waals surface area contributed by atoms with Gasteiger partial charge in [0.1, 0.15) is 0 Å². The molecule has 0 saturated carbocycles. The summed E-state index contributed by atoms with van der Waals surface area (Å²) in [6.07, 6.45) is 5.13. The first kappa shape index (κ1) is 12.6. The summed E-state index contributed by atoms with van der Waals surface area (Å²) in [5.41, 5.74) is 3.09. The van der Waals surface area contributed by atoms with Crippen molar-refractivity contribution in [2.75, 3.05) is 0 Å². The van der Waals surface area contributed by atoms with Crippen LogP contribution in [0.2, 0.25) is 0 Å². The highest BCUT2D eigenvalue weighted by molar-refractivity contribution is 5.34. The molecule has 3 atom stereocenters. The number of rotatable bonds is 4. The second kappa shape index (κ2) is 5.68. The average molecular weight is 231 g/mol. The van der Waals surface area contributed by atoms with Crippen LogP contribution in [0.5, 0.6) is 0 Å². The highest BCUT2D eigenvalue weighted by atomic mass is 14.9. The van der Waals surface area contributed by atoms with Crippen molar-refractivity contribution in [2.24, 2.45) is 0 Å². The van der Waals surface area contributed by atoms with Crippen molar-refractivity contribution in [3.05, 3.63) is 35.4 Å². The highest BCUT2D eigenvalue weighted by Gasteiger charge is 2.24. The Labute approximate surface area is 106 Å². The molecule has 0 amide bonds. The summed E-state index contributed by atoms with van der Waals surface area (Å²) in [5.74, 6) is 0.728. The van der Waals surface area contributed by atoms with Gasteiger partial charge in [0.05, 0.1) is 0 Å². The van der Waals surface area contributed by atoms with Crippen LogP contribution in [0.4, 0.5) is 0 Å². The fourth-order valence-electron chi connectivity index (χ4n) is 3.04. The Morgan fingerprint density at radius 2 is 1.94 bits per heavy atom. The van der Waals surface area contributed by atoms with Crippen LogP contribution in [0.25, 0.3) is 0 Å². The van der Waals surface area contributed by atoms with Gasteiger partial charge in [0.25, 0.3) is 0 Å². The Balaban J connectivity index is 2.13. The molecule has 0 bridgehead atoms. The van der Waals surface area contributed by atoms with Crippen LogP contribution in [0.3, 0.4) is 0 Å². The fourth-order valence-corrected chi connectivity index (χ4v) is 3.04.